The molecule has 2 aromatic carbocycles. The van der Waals surface area contributed by atoms with Gasteiger partial charge in [-0.15, -0.1) is 0 Å². The van der Waals surface area contributed by atoms with Crippen molar-refractivity contribution in [1.29, 1.82) is 0 Å². The summed E-state index contributed by atoms with van der Waals surface area (Å²) < 4.78 is 5.15. The molecule has 132 valence electrons. The molecule has 0 spiro atoms. The van der Waals surface area contributed by atoms with Gasteiger partial charge in [0.05, 0.1) is 13.2 Å². The van der Waals surface area contributed by atoms with E-state index in [0.717, 1.165) is 0 Å². The van der Waals surface area contributed by atoms with Crippen molar-refractivity contribution in [1.82, 2.24) is 0 Å². The summed E-state index contributed by atoms with van der Waals surface area (Å²) in [5.41, 5.74) is 0.474. The van der Waals surface area contributed by atoms with E-state index in [1.807, 2.05) is 0 Å². The first kappa shape index (κ1) is 18.9. The first-order chi connectivity index (χ1) is 11.9. The lowest BCUT2D eigenvalue weighted by Gasteiger charge is -2.16. The number of ether oxygens (including phenoxy) is 1. The molecule has 0 unspecified atom stereocenters. The molecule has 0 aliphatic carbocycles. The van der Waals surface area contributed by atoms with E-state index in [0.29, 0.717) is 0 Å². The van der Waals surface area contributed by atoms with Gasteiger partial charge in [0.2, 0.25) is 0 Å². The predicted molar refractivity (Wildman–Crippen MR) is 92.9 cm³/mol. The highest BCUT2D eigenvalue weighted by Gasteiger charge is 2.24. The molecule has 25 heavy (non-hydrogen) atoms. The number of hydrogen-bond acceptors (Lipinski definition) is 7. The lowest BCUT2D eigenvalue weighted by atomic mass is 10.2. The smallest absolute Gasteiger partial charge is 0.292 e. The molecule has 0 amide bonds. The minimum atomic E-state index is -2.32. The van der Waals surface area contributed by atoms with E-state index in [4.69, 9.17) is 4.74 Å². The number of hydrogen-bond donors (Lipinski definition) is 4. The number of aliphatic hydroxyl groups is 4. The maximum Gasteiger partial charge on any atom is 0.292 e. The van der Waals surface area contributed by atoms with Crippen LogP contribution < -0.4 is 0 Å². The lowest BCUT2D eigenvalue weighted by molar-refractivity contribution is -0.161. The van der Waals surface area contributed by atoms with Crippen molar-refractivity contribution < 1.29 is 25.2 Å². The fraction of sp³-hybridized carbons (Fsp3) is 0.222. The SMILES string of the molecule is OC(O)(N=CCOCC=NC(O)(O)c1ccccc1)c1ccccc1. The van der Waals surface area contributed by atoms with Crippen LogP contribution in [0.4, 0.5) is 0 Å². The van der Waals surface area contributed by atoms with Gasteiger partial charge in [-0.25, -0.2) is 9.98 Å². The Kier molecular flexibility index (Phi) is 6.51. The Morgan fingerprint density at radius 2 is 1.04 bits per heavy atom. The summed E-state index contributed by atoms with van der Waals surface area (Å²) in [5.74, 6) is -4.64. The van der Waals surface area contributed by atoms with Gasteiger partial charge in [-0.1, -0.05) is 60.7 Å². The molecule has 2 rings (SSSR count). The number of rotatable bonds is 8. The summed E-state index contributed by atoms with van der Waals surface area (Å²) in [6.07, 6.45) is 2.42. The van der Waals surface area contributed by atoms with Gasteiger partial charge in [-0.3, -0.25) is 0 Å². The van der Waals surface area contributed by atoms with Gasteiger partial charge >= 0.3 is 0 Å². The fourth-order valence-corrected chi connectivity index (χ4v) is 1.98. The third kappa shape index (κ3) is 5.86. The molecule has 0 saturated carbocycles. The fourth-order valence-electron chi connectivity index (χ4n) is 1.98. The van der Waals surface area contributed by atoms with Gasteiger partial charge in [0.25, 0.3) is 11.8 Å². The van der Waals surface area contributed by atoms with Gasteiger partial charge in [0, 0.05) is 23.6 Å². The Labute approximate surface area is 145 Å². The minimum absolute atomic E-state index is 0.00306. The van der Waals surface area contributed by atoms with E-state index >= 15 is 0 Å². The molecule has 7 nitrogen and oxygen atoms in total. The summed E-state index contributed by atoms with van der Waals surface area (Å²) >= 11 is 0. The average molecular weight is 344 g/mol. The molecule has 0 aliphatic rings. The normalized spacial score (nSPS) is 13.0. The third-order valence-electron chi connectivity index (χ3n) is 3.25. The second-order valence-corrected chi connectivity index (χ2v) is 5.16. The molecular formula is C18H20N2O5. The van der Waals surface area contributed by atoms with Crippen molar-refractivity contribution in [3.8, 4) is 0 Å². The zero-order valence-corrected chi connectivity index (χ0v) is 13.4. The molecule has 0 fully saturated rings. The molecule has 0 saturated heterocycles. The van der Waals surface area contributed by atoms with Crippen LogP contribution in [0.15, 0.2) is 70.6 Å². The van der Waals surface area contributed by atoms with Gasteiger partial charge in [0.15, 0.2) is 0 Å². The Bertz CT molecular complexity index is 638. The van der Waals surface area contributed by atoms with Gasteiger partial charge in [-0.2, -0.15) is 0 Å². The average Bonchev–Trinajstić information content (AvgIpc) is 2.62. The van der Waals surface area contributed by atoms with Crippen LogP contribution >= 0.6 is 0 Å². The van der Waals surface area contributed by atoms with Crippen molar-refractivity contribution in [3.63, 3.8) is 0 Å². The second kappa shape index (κ2) is 8.61. The number of benzene rings is 2. The van der Waals surface area contributed by atoms with Crippen LogP contribution in [0.1, 0.15) is 11.1 Å². The maximum absolute atomic E-state index is 9.83. The highest BCUT2D eigenvalue weighted by atomic mass is 16.5. The highest BCUT2D eigenvalue weighted by Crippen LogP contribution is 2.19. The van der Waals surface area contributed by atoms with Crippen molar-refractivity contribution in [3.05, 3.63) is 71.8 Å². The van der Waals surface area contributed by atoms with Gasteiger partial charge in [0.1, 0.15) is 0 Å². The second-order valence-electron chi connectivity index (χ2n) is 5.16. The Balaban J connectivity index is 1.78. The largest absolute Gasteiger partial charge is 0.370 e. The molecule has 0 heterocycles. The molecule has 0 aromatic heterocycles. The maximum atomic E-state index is 9.83. The molecule has 2 aromatic rings. The molecule has 0 radical (unpaired) electrons. The van der Waals surface area contributed by atoms with Crippen LogP contribution in [0, 0.1) is 0 Å². The topological polar surface area (TPSA) is 115 Å². The van der Waals surface area contributed by atoms with E-state index in [1.54, 1.807) is 36.4 Å². The van der Waals surface area contributed by atoms with Crippen LogP contribution in [-0.4, -0.2) is 46.1 Å². The standard InChI is InChI=1S/C18H20N2O5/c21-17(22,15-7-3-1-4-8-15)19-11-13-25-14-12-20-18(23,24)16-9-5-2-6-10-16/h1-12,21-24H,13-14H2. The Morgan fingerprint density at radius 3 is 1.40 bits per heavy atom. The monoisotopic (exact) mass is 344 g/mol. The van der Waals surface area contributed by atoms with E-state index in [1.165, 1.54) is 36.7 Å². The quantitative estimate of drug-likeness (QED) is 0.320. The first-order valence-electron chi connectivity index (χ1n) is 7.57. The summed E-state index contributed by atoms with van der Waals surface area (Å²) in [5, 5.41) is 39.3. The van der Waals surface area contributed by atoms with E-state index in [2.05, 4.69) is 9.98 Å². The van der Waals surface area contributed by atoms with Gasteiger partial charge < -0.3 is 25.2 Å². The third-order valence-corrected chi connectivity index (χ3v) is 3.25. The molecule has 7 heteroatoms. The summed E-state index contributed by atoms with van der Waals surface area (Å²) in [4.78, 5) is 7.28. The summed E-state index contributed by atoms with van der Waals surface area (Å²) in [6, 6.07) is 16.3. The van der Waals surface area contributed by atoms with Crippen molar-refractivity contribution in [2.24, 2.45) is 9.98 Å². The zero-order chi connectivity index (χ0) is 18.2. The van der Waals surface area contributed by atoms with Crippen LogP contribution in [-0.2, 0) is 16.6 Å². The highest BCUT2D eigenvalue weighted by molar-refractivity contribution is 5.62. The minimum Gasteiger partial charge on any atom is -0.370 e. The molecule has 0 bridgehead atoms. The predicted octanol–water partition coefficient (Wildman–Crippen LogP) is 0.735. The van der Waals surface area contributed by atoms with E-state index in [9.17, 15) is 20.4 Å². The van der Waals surface area contributed by atoms with Crippen molar-refractivity contribution in [2.45, 2.75) is 11.8 Å². The summed E-state index contributed by atoms with van der Waals surface area (Å²) in [6.45, 7) is -0.00612. The summed E-state index contributed by atoms with van der Waals surface area (Å²) in [7, 11) is 0. The first-order valence-corrected chi connectivity index (χ1v) is 7.57. The molecule has 0 aliphatic heterocycles. The lowest BCUT2D eigenvalue weighted by Crippen LogP contribution is -2.23. The molecular weight excluding hydrogens is 324 g/mol. The molecule has 0 atom stereocenters. The van der Waals surface area contributed by atoms with Crippen molar-refractivity contribution in [2.75, 3.05) is 13.2 Å². The zero-order valence-electron chi connectivity index (χ0n) is 13.4. The van der Waals surface area contributed by atoms with Gasteiger partial charge in [-0.05, 0) is 0 Å². The Morgan fingerprint density at radius 1 is 0.680 bits per heavy atom. The molecule has 4 N–H and O–H groups in total. The van der Waals surface area contributed by atoms with Crippen LogP contribution in [0.3, 0.4) is 0 Å². The van der Waals surface area contributed by atoms with Crippen molar-refractivity contribution >= 4 is 12.4 Å². The number of aliphatic imine (C=N–C) groups is 2. The van der Waals surface area contributed by atoms with E-state index in [-0.39, 0.29) is 24.3 Å². The Hall–Kier alpha value is -2.42. The van der Waals surface area contributed by atoms with Crippen LogP contribution in [0.2, 0.25) is 0 Å². The van der Waals surface area contributed by atoms with E-state index < -0.39 is 11.8 Å². The van der Waals surface area contributed by atoms with Crippen LogP contribution in [0.5, 0.6) is 0 Å². The van der Waals surface area contributed by atoms with Crippen LogP contribution in [0.25, 0.3) is 0 Å². The number of nitrogens with zero attached hydrogens (tertiary/aromatic N) is 2.